The predicted molar refractivity (Wildman–Crippen MR) is 66.1 cm³/mol. The van der Waals surface area contributed by atoms with Crippen LogP contribution in [0.15, 0.2) is 6.20 Å². The smallest absolute Gasteiger partial charge is 0.398 e. The highest BCUT2D eigenvalue weighted by Gasteiger charge is 2.52. The van der Waals surface area contributed by atoms with Crippen LogP contribution in [0, 0.1) is 0 Å². The maximum absolute atomic E-state index is 5.91. The molecule has 2 heterocycles. The first-order chi connectivity index (χ1) is 7.73. The Morgan fingerprint density at radius 1 is 1.18 bits per heavy atom. The van der Waals surface area contributed by atoms with E-state index >= 15 is 0 Å². The number of nitrogens with zero attached hydrogens (tertiary/aromatic N) is 3. The Morgan fingerprint density at radius 3 is 2.12 bits per heavy atom. The molecule has 0 atom stereocenters. The second-order valence-electron chi connectivity index (χ2n) is 5.81. The predicted octanol–water partition coefficient (Wildman–Crippen LogP) is 1.16. The van der Waals surface area contributed by atoms with Crippen LogP contribution in [0.25, 0.3) is 0 Å². The van der Waals surface area contributed by atoms with Gasteiger partial charge in [0.05, 0.1) is 11.2 Å². The van der Waals surface area contributed by atoms with Crippen molar-refractivity contribution in [2.24, 2.45) is 0 Å². The first-order valence-corrected chi connectivity index (χ1v) is 6.00. The largest absolute Gasteiger partial charge is 0.518 e. The minimum absolute atomic E-state index is 0.290. The number of rotatable bonds is 2. The van der Waals surface area contributed by atoms with E-state index in [4.69, 9.17) is 9.31 Å². The lowest BCUT2D eigenvalue weighted by Gasteiger charge is -2.32. The summed E-state index contributed by atoms with van der Waals surface area (Å²) < 4.78 is 13.6. The summed E-state index contributed by atoms with van der Waals surface area (Å²) in [4.78, 5) is 0. The van der Waals surface area contributed by atoms with Gasteiger partial charge in [0.2, 0.25) is 0 Å². The summed E-state index contributed by atoms with van der Waals surface area (Å²) in [5.74, 6) is 0. The SMILES string of the molecule is CC(C)n1cc(B2OC(C)(C)C(C)(C)O2)nn1. The van der Waals surface area contributed by atoms with Crippen LogP contribution in [-0.2, 0) is 9.31 Å². The highest BCUT2D eigenvalue weighted by molar-refractivity contribution is 6.61. The van der Waals surface area contributed by atoms with Crippen LogP contribution in [0.2, 0.25) is 0 Å². The van der Waals surface area contributed by atoms with Crippen molar-refractivity contribution in [3.05, 3.63) is 6.20 Å². The second-order valence-corrected chi connectivity index (χ2v) is 5.81. The Balaban J connectivity index is 2.20. The summed E-state index contributed by atoms with van der Waals surface area (Å²) in [7, 11) is -0.424. The quantitative estimate of drug-likeness (QED) is 0.724. The lowest BCUT2D eigenvalue weighted by atomic mass is 9.86. The first-order valence-electron chi connectivity index (χ1n) is 6.00. The van der Waals surface area contributed by atoms with Gasteiger partial charge in [-0.25, -0.2) is 0 Å². The van der Waals surface area contributed by atoms with Crippen molar-refractivity contribution in [1.82, 2.24) is 15.0 Å². The average Bonchev–Trinajstić information content (AvgIpc) is 2.70. The summed E-state index contributed by atoms with van der Waals surface area (Å²) in [6, 6.07) is 0.290. The zero-order valence-corrected chi connectivity index (χ0v) is 11.4. The molecule has 0 N–H and O–H groups in total. The zero-order valence-electron chi connectivity index (χ0n) is 11.4. The summed E-state index contributed by atoms with van der Waals surface area (Å²) in [6.45, 7) is 12.2. The maximum atomic E-state index is 5.91. The van der Waals surface area contributed by atoms with Gasteiger partial charge in [-0.2, -0.15) is 0 Å². The van der Waals surface area contributed by atoms with Gasteiger partial charge in [-0.1, -0.05) is 5.21 Å². The molecule has 1 saturated heterocycles. The maximum Gasteiger partial charge on any atom is 0.518 e. The molecule has 6 heteroatoms. The molecule has 94 valence electrons. The molecular weight excluding hydrogens is 217 g/mol. The molecule has 0 amide bonds. The van der Waals surface area contributed by atoms with Crippen LogP contribution in [0.3, 0.4) is 0 Å². The molecular formula is C11H20BN3O2. The van der Waals surface area contributed by atoms with Crippen molar-refractivity contribution in [3.63, 3.8) is 0 Å². The van der Waals surface area contributed by atoms with Crippen LogP contribution >= 0.6 is 0 Å². The van der Waals surface area contributed by atoms with E-state index in [1.54, 1.807) is 4.68 Å². The Kier molecular flexibility index (Phi) is 2.82. The fourth-order valence-corrected chi connectivity index (χ4v) is 1.61. The van der Waals surface area contributed by atoms with Gasteiger partial charge in [0.15, 0.2) is 0 Å². The second kappa shape index (κ2) is 3.81. The molecule has 1 aromatic rings. The Hall–Kier alpha value is -0.875. The molecule has 0 radical (unpaired) electrons. The topological polar surface area (TPSA) is 49.2 Å². The van der Waals surface area contributed by atoms with Gasteiger partial charge in [-0.05, 0) is 41.5 Å². The third-order valence-electron chi connectivity index (χ3n) is 3.55. The van der Waals surface area contributed by atoms with Gasteiger partial charge in [-0.3, -0.25) is 4.68 Å². The van der Waals surface area contributed by atoms with E-state index in [9.17, 15) is 0 Å². The lowest BCUT2D eigenvalue weighted by molar-refractivity contribution is 0.00578. The number of hydrogen-bond acceptors (Lipinski definition) is 4. The van der Waals surface area contributed by atoms with Crippen molar-refractivity contribution in [2.75, 3.05) is 0 Å². The molecule has 1 aromatic heterocycles. The Bertz CT molecular complexity index is 399. The van der Waals surface area contributed by atoms with Gasteiger partial charge in [-0.15, -0.1) is 5.10 Å². The van der Waals surface area contributed by atoms with E-state index in [0.29, 0.717) is 6.04 Å². The van der Waals surface area contributed by atoms with E-state index in [-0.39, 0.29) is 11.2 Å². The third kappa shape index (κ3) is 2.11. The van der Waals surface area contributed by atoms with Crippen LogP contribution in [-0.4, -0.2) is 33.3 Å². The van der Waals surface area contributed by atoms with Crippen molar-refractivity contribution >= 4 is 12.7 Å². The molecule has 5 nitrogen and oxygen atoms in total. The highest BCUT2D eigenvalue weighted by atomic mass is 16.7. The Morgan fingerprint density at radius 2 is 1.71 bits per heavy atom. The monoisotopic (exact) mass is 237 g/mol. The molecule has 0 saturated carbocycles. The minimum atomic E-state index is -0.424. The van der Waals surface area contributed by atoms with Crippen molar-refractivity contribution in [1.29, 1.82) is 0 Å². The first kappa shape index (κ1) is 12.6. The average molecular weight is 237 g/mol. The summed E-state index contributed by atoms with van der Waals surface area (Å²) >= 11 is 0. The fourth-order valence-electron chi connectivity index (χ4n) is 1.61. The van der Waals surface area contributed by atoms with Gasteiger partial charge < -0.3 is 9.31 Å². The van der Waals surface area contributed by atoms with Crippen LogP contribution in [0.4, 0.5) is 0 Å². The highest BCUT2D eigenvalue weighted by Crippen LogP contribution is 2.36. The van der Waals surface area contributed by atoms with Crippen molar-refractivity contribution in [2.45, 2.75) is 58.8 Å². The Labute approximate surface area is 103 Å². The minimum Gasteiger partial charge on any atom is -0.398 e. The van der Waals surface area contributed by atoms with Gasteiger partial charge in [0.1, 0.15) is 5.59 Å². The van der Waals surface area contributed by atoms with Gasteiger partial charge in [0, 0.05) is 12.2 Å². The van der Waals surface area contributed by atoms with Crippen LogP contribution in [0.5, 0.6) is 0 Å². The zero-order chi connectivity index (χ0) is 12.8. The van der Waals surface area contributed by atoms with E-state index in [1.807, 2.05) is 33.9 Å². The molecule has 2 rings (SSSR count). The fraction of sp³-hybridized carbons (Fsp3) is 0.818. The van der Waals surface area contributed by atoms with E-state index < -0.39 is 7.12 Å². The van der Waals surface area contributed by atoms with Crippen molar-refractivity contribution in [3.8, 4) is 0 Å². The third-order valence-corrected chi connectivity index (χ3v) is 3.55. The molecule has 0 bridgehead atoms. The van der Waals surface area contributed by atoms with E-state index in [0.717, 1.165) is 5.59 Å². The van der Waals surface area contributed by atoms with Crippen LogP contribution < -0.4 is 5.59 Å². The molecule has 0 unspecified atom stereocenters. The number of hydrogen-bond donors (Lipinski definition) is 0. The normalized spacial score (nSPS) is 22.4. The molecule has 17 heavy (non-hydrogen) atoms. The molecule has 0 spiro atoms. The molecule has 1 aliphatic rings. The van der Waals surface area contributed by atoms with Gasteiger partial charge >= 0.3 is 7.12 Å². The summed E-state index contributed by atoms with van der Waals surface area (Å²) in [5, 5.41) is 8.18. The van der Waals surface area contributed by atoms with Gasteiger partial charge in [0.25, 0.3) is 0 Å². The van der Waals surface area contributed by atoms with E-state index in [2.05, 4.69) is 24.2 Å². The summed E-state index contributed by atoms with van der Waals surface area (Å²) in [5.41, 5.74) is 0.0656. The molecule has 0 aliphatic carbocycles. The molecule has 0 aromatic carbocycles. The molecule has 1 aliphatic heterocycles. The van der Waals surface area contributed by atoms with Crippen LogP contribution in [0.1, 0.15) is 47.6 Å². The molecule has 1 fully saturated rings. The standard InChI is InChI=1S/C11H20BN3O2/c1-8(2)15-7-9(13-14-15)12-16-10(3,4)11(5,6)17-12/h7-8H,1-6H3. The van der Waals surface area contributed by atoms with Crippen molar-refractivity contribution < 1.29 is 9.31 Å². The lowest BCUT2D eigenvalue weighted by Crippen LogP contribution is -2.41. The van der Waals surface area contributed by atoms with E-state index in [1.165, 1.54) is 0 Å². The number of aromatic nitrogens is 3. The summed E-state index contributed by atoms with van der Waals surface area (Å²) in [6.07, 6.45) is 1.88.